The summed E-state index contributed by atoms with van der Waals surface area (Å²) in [7, 11) is 3.48. The quantitative estimate of drug-likeness (QED) is 0.0590. The zero-order valence-electron chi connectivity index (χ0n) is 35.3. The molecule has 8 rings (SSSR count). The van der Waals surface area contributed by atoms with Crippen molar-refractivity contribution in [1.29, 1.82) is 0 Å². The van der Waals surface area contributed by atoms with E-state index in [0.29, 0.717) is 37.4 Å². The maximum atomic E-state index is 13.8. The highest BCUT2D eigenvalue weighted by molar-refractivity contribution is 7.19. The summed E-state index contributed by atoms with van der Waals surface area (Å²) in [5.74, 6) is -0.102. The molecule has 0 saturated carbocycles. The lowest BCUT2D eigenvalue weighted by atomic mass is 10.0. The number of thiazole rings is 1. The largest absolute Gasteiger partial charge is 0.497 e. The third kappa shape index (κ3) is 10.4. The second-order valence-corrected chi connectivity index (χ2v) is 16.7. The maximum absolute atomic E-state index is 13.8. The Balaban J connectivity index is 0.811. The highest BCUT2D eigenvalue weighted by Crippen LogP contribution is 2.33. The van der Waals surface area contributed by atoms with Gasteiger partial charge in [0, 0.05) is 50.0 Å². The Morgan fingerprint density at radius 1 is 0.844 bits per heavy atom. The van der Waals surface area contributed by atoms with Gasteiger partial charge in [-0.3, -0.25) is 14.2 Å². The number of rotatable bonds is 20. The minimum atomic E-state index is -4.80. The Hall–Kier alpha value is -6.37. The van der Waals surface area contributed by atoms with Crippen LogP contribution in [0.1, 0.15) is 56.8 Å². The maximum Gasteiger partial charge on any atom is 0.419 e. The molecule has 0 bridgehead atoms. The molecule has 13 nitrogen and oxygen atoms in total. The van der Waals surface area contributed by atoms with E-state index in [9.17, 15) is 27.5 Å². The van der Waals surface area contributed by atoms with Gasteiger partial charge in [0.05, 0.1) is 55.7 Å². The van der Waals surface area contributed by atoms with Crippen molar-refractivity contribution in [3.05, 3.63) is 152 Å². The number of alkyl halides is 3. The molecule has 0 atom stereocenters. The van der Waals surface area contributed by atoms with Crippen LogP contribution in [0.4, 0.5) is 17.6 Å². The predicted molar refractivity (Wildman–Crippen MR) is 235 cm³/mol. The van der Waals surface area contributed by atoms with Gasteiger partial charge in [0.1, 0.15) is 34.4 Å². The summed E-state index contributed by atoms with van der Waals surface area (Å²) in [6.45, 7) is 2.15. The van der Waals surface area contributed by atoms with E-state index in [4.69, 9.17) is 14.5 Å². The lowest BCUT2D eigenvalue weighted by molar-refractivity contribution is -0.140. The fraction of sp³-hybridized carbons (Fsp3) is 0.326. The summed E-state index contributed by atoms with van der Waals surface area (Å²) in [5.41, 5.74) is 5.06. The molecule has 0 amide bonds. The highest BCUT2D eigenvalue weighted by atomic mass is 32.1. The van der Waals surface area contributed by atoms with Crippen molar-refractivity contribution in [2.45, 2.75) is 71.1 Å². The molecular weight excluding hydrogens is 851 g/mol. The van der Waals surface area contributed by atoms with Crippen LogP contribution in [0.25, 0.3) is 21.3 Å². The zero-order valence-corrected chi connectivity index (χ0v) is 36.1. The van der Waals surface area contributed by atoms with Gasteiger partial charge in [-0.15, -0.1) is 11.3 Å². The SMILES string of the molecule is COc1cccc(Cn2ncc3c4sc(Cn5cc(CCc6cnn(CCCCc7ccc(OCc8ccc(F)c(C(F)(F)F)c8)c(CNCCO)c7)c6)cn5)nc4n(C)c3c2=O)c1. The van der Waals surface area contributed by atoms with Crippen molar-refractivity contribution >= 4 is 32.6 Å². The second kappa shape index (κ2) is 19.6. The molecule has 334 valence electrons. The van der Waals surface area contributed by atoms with E-state index in [1.807, 2.05) is 76.0 Å². The molecule has 5 heterocycles. The smallest absolute Gasteiger partial charge is 0.419 e. The Labute approximate surface area is 369 Å². The van der Waals surface area contributed by atoms with E-state index in [-0.39, 0.29) is 24.3 Å². The van der Waals surface area contributed by atoms with Crippen molar-refractivity contribution in [1.82, 2.24) is 44.2 Å². The Morgan fingerprint density at radius 3 is 2.41 bits per heavy atom. The molecule has 0 aliphatic carbocycles. The molecule has 8 aromatic rings. The van der Waals surface area contributed by atoms with Crippen LogP contribution in [0, 0.1) is 5.82 Å². The minimum Gasteiger partial charge on any atom is -0.497 e. The van der Waals surface area contributed by atoms with Gasteiger partial charge >= 0.3 is 6.18 Å². The Kier molecular flexibility index (Phi) is 13.5. The lowest BCUT2D eigenvalue weighted by Gasteiger charge is -2.15. The molecule has 18 heteroatoms. The number of fused-ring (bicyclic) bond motifs is 3. The number of aliphatic hydroxyl groups is 1. The lowest BCUT2D eigenvalue weighted by Crippen LogP contribution is -2.24. The number of hydrogen-bond donors (Lipinski definition) is 2. The first kappa shape index (κ1) is 44.2. The number of aryl methyl sites for hydroxylation is 5. The fourth-order valence-corrected chi connectivity index (χ4v) is 8.77. The van der Waals surface area contributed by atoms with Crippen LogP contribution < -0.4 is 20.3 Å². The number of unbranched alkanes of at least 4 members (excludes halogenated alkanes) is 1. The van der Waals surface area contributed by atoms with Crippen LogP contribution in [0.5, 0.6) is 11.5 Å². The third-order valence-electron chi connectivity index (χ3n) is 11.0. The predicted octanol–water partition coefficient (Wildman–Crippen LogP) is 7.47. The first-order valence-corrected chi connectivity index (χ1v) is 21.7. The molecule has 3 aromatic carbocycles. The molecule has 2 N–H and O–H groups in total. The highest BCUT2D eigenvalue weighted by Gasteiger charge is 2.34. The van der Waals surface area contributed by atoms with Crippen LogP contribution in [-0.4, -0.2) is 64.3 Å². The van der Waals surface area contributed by atoms with Crippen LogP contribution in [-0.2, 0) is 65.3 Å². The first-order valence-electron chi connectivity index (χ1n) is 20.9. The van der Waals surface area contributed by atoms with Gasteiger partial charge in [-0.1, -0.05) is 30.3 Å². The van der Waals surface area contributed by atoms with Crippen LogP contribution in [0.3, 0.4) is 0 Å². The van der Waals surface area contributed by atoms with Crippen molar-refractivity contribution in [2.24, 2.45) is 7.05 Å². The normalized spacial score (nSPS) is 11.9. The molecule has 0 spiro atoms. The standard InChI is InChI=1S/C46H47F4N9O4S/c1-56-42-37(24-54-59(45(42)61)27-31-7-5-8-36(19-31)62-2)43-44(56)55-41(64-43)28-58-26-34(22-53-58)10-9-33-21-52-57(25-33)16-4-3-6-30-12-14-40(35(18-30)23-51-15-17-60)63-29-32-11-13-39(47)38(20-32)46(48,49)50/h5,7-8,11-14,18-22,24-26,51,60H,3-4,6,9-10,15-17,23,27-29H2,1-2H3. The summed E-state index contributed by atoms with van der Waals surface area (Å²) in [6.07, 6.45) is 9.07. The number of nitrogens with one attached hydrogen (secondary N) is 1. The molecule has 0 aliphatic rings. The van der Waals surface area contributed by atoms with E-state index in [1.54, 1.807) is 30.7 Å². The number of aromatic nitrogens is 8. The average molecular weight is 898 g/mol. The summed E-state index contributed by atoms with van der Waals surface area (Å²) < 4.78 is 72.7. The van der Waals surface area contributed by atoms with Gasteiger partial charge in [-0.2, -0.15) is 28.5 Å². The summed E-state index contributed by atoms with van der Waals surface area (Å²) in [6, 6.07) is 16.2. The van der Waals surface area contributed by atoms with E-state index >= 15 is 0 Å². The molecule has 0 fully saturated rings. The van der Waals surface area contributed by atoms with Gasteiger partial charge < -0.3 is 24.5 Å². The first-order chi connectivity index (χ1) is 30.9. The number of nitrogens with zero attached hydrogens (tertiary/aromatic N) is 8. The summed E-state index contributed by atoms with van der Waals surface area (Å²) in [5, 5.41) is 27.7. The van der Waals surface area contributed by atoms with Gasteiger partial charge in [0.25, 0.3) is 5.56 Å². The van der Waals surface area contributed by atoms with Crippen LogP contribution in [0.2, 0.25) is 0 Å². The molecule has 0 radical (unpaired) electrons. The summed E-state index contributed by atoms with van der Waals surface area (Å²) >= 11 is 1.54. The molecule has 5 aromatic heterocycles. The molecular formula is C46H47F4N9O4S. The van der Waals surface area contributed by atoms with E-state index in [2.05, 4.69) is 26.8 Å². The molecule has 0 unspecified atom stereocenters. The molecule has 64 heavy (non-hydrogen) atoms. The third-order valence-corrected chi connectivity index (χ3v) is 12.0. The second-order valence-electron chi connectivity index (χ2n) is 15.6. The van der Waals surface area contributed by atoms with Crippen molar-refractivity contribution in [3.8, 4) is 11.5 Å². The molecule has 0 saturated heterocycles. The van der Waals surface area contributed by atoms with Crippen LogP contribution in [0.15, 0.2) is 96.4 Å². The number of aliphatic hydroxyl groups excluding tert-OH is 1. The van der Waals surface area contributed by atoms with E-state index < -0.39 is 17.6 Å². The van der Waals surface area contributed by atoms with Crippen molar-refractivity contribution in [2.75, 3.05) is 20.3 Å². The molecule has 0 aliphatic heterocycles. The zero-order chi connectivity index (χ0) is 44.8. The Morgan fingerprint density at radius 2 is 1.62 bits per heavy atom. The number of halogens is 4. The fourth-order valence-electron chi connectivity index (χ4n) is 7.68. The monoisotopic (exact) mass is 897 g/mol. The van der Waals surface area contributed by atoms with E-state index in [1.165, 1.54) is 10.7 Å². The van der Waals surface area contributed by atoms with Crippen molar-refractivity contribution < 1.29 is 32.1 Å². The average Bonchev–Trinajstić information content (AvgIpc) is 4.09. The summed E-state index contributed by atoms with van der Waals surface area (Å²) in [4.78, 5) is 18.4. The minimum absolute atomic E-state index is 0.0457. The number of benzene rings is 3. The van der Waals surface area contributed by atoms with Crippen LogP contribution >= 0.6 is 11.3 Å². The van der Waals surface area contributed by atoms with Crippen molar-refractivity contribution in [3.63, 3.8) is 0 Å². The topological polar surface area (TPSA) is 139 Å². The number of methoxy groups -OCH3 is 1. The Bertz CT molecular complexity index is 2930. The number of hydrogen-bond acceptors (Lipinski definition) is 10. The van der Waals surface area contributed by atoms with Gasteiger partial charge in [0.2, 0.25) is 0 Å². The number of ether oxygens (including phenoxy) is 2. The van der Waals surface area contributed by atoms with Gasteiger partial charge in [0.15, 0.2) is 5.65 Å². The van der Waals surface area contributed by atoms with E-state index in [0.717, 1.165) is 105 Å². The van der Waals surface area contributed by atoms with Gasteiger partial charge in [-0.05, 0) is 90.3 Å². The van der Waals surface area contributed by atoms with Gasteiger partial charge in [-0.25, -0.2) is 14.1 Å².